The molecule has 0 atom stereocenters. The molecule has 1 aromatic heterocycles. The second-order valence-corrected chi connectivity index (χ2v) is 3.12. The molecule has 2 nitrogen and oxygen atoms in total. The van der Waals surface area contributed by atoms with Crippen molar-refractivity contribution in [3.8, 4) is 0 Å². The third kappa shape index (κ3) is 2.39. The normalized spacial score (nSPS) is 11.1. The second-order valence-electron chi connectivity index (χ2n) is 2.09. The SMILES string of the molecule is [C-]#[N+]c1cnc(/C(F)=C/I)c(Cl)c1. The van der Waals surface area contributed by atoms with Crippen LogP contribution < -0.4 is 0 Å². The van der Waals surface area contributed by atoms with Crippen LogP contribution in [0.25, 0.3) is 10.7 Å². The minimum atomic E-state index is -0.498. The van der Waals surface area contributed by atoms with E-state index >= 15 is 0 Å². The number of pyridine rings is 1. The van der Waals surface area contributed by atoms with Gasteiger partial charge in [0.1, 0.15) is 5.69 Å². The Kier molecular flexibility index (Phi) is 3.63. The number of hydrogen-bond donors (Lipinski definition) is 0. The Labute approximate surface area is 93.4 Å². The lowest BCUT2D eigenvalue weighted by molar-refractivity contribution is 0.755. The van der Waals surface area contributed by atoms with Crippen LogP contribution in [0.15, 0.2) is 16.3 Å². The summed E-state index contributed by atoms with van der Waals surface area (Å²) in [6, 6.07) is 1.39. The molecule has 5 heteroatoms. The van der Waals surface area contributed by atoms with Crippen LogP contribution in [0.5, 0.6) is 0 Å². The maximum atomic E-state index is 13.0. The first kappa shape index (κ1) is 10.4. The summed E-state index contributed by atoms with van der Waals surface area (Å²) in [5, 5.41) is 0.152. The summed E-state index contributed by atoms with van der Waals surface area (Å²) < 4.78 is 14.2. The molecule has 0 amide bonds. The first-order valence-corrected chi connectivity index (χ1v) is 4.80. The van der Waals surface area contributed by atoms with Crippen LogP contribution in [-0.2, 0) is 0 Å². The lowest BCUT2D eigenvalue weighted by Gasteiger charge is -1.99. The first-order valence-electron chi connectivity index (χ1n) is 3.18. The molecular formula is C8H3ClFIN2. The second kappa shape index (κ2) is 4.53. The van der Waals surface area contributed by atoms with Crippen LogP contribution in [0.1, 0.15) is 5.69 Å². The van der Waals surface area contributed by atoms with E-state index in [0.29, 0.717) is 5.69 Å². The third-order valence-corrected chi connectivity index (χ3v) is 2.11. The fourth-order valence-electron chi connectivity index (χ4n) is 0.716. The van der Waals surface area contributed by atoms with Crippen LogP contribution in [0, 0.1) is 6.57 Å². The van der Waals surface area contributed by atoms with Gasteiger partial charge in [-0.25, -0.2) is 9.24 Å². The number of rotatable bonds is 1. The zero-order chi connectivity index (χ0) is 9.84. The molecule has 0 aliphatic rings. The molecule has 0 bridgehead atoms. The monoisotopic (exact) mass is 308 g/mol. The van der Waals surface area contributed by atoms with Crippen LogP contribution >= 0.6 is 34.2 Å². The van der Waals surface area contributed by atoms with Gasteiger partial charge >= 0.3 is 0 Å². The van der Waals surface area contributed by atoms with Gasteiger partial charge in [0.15, 0.2) is 5.83 Å². The Morgan fingerprint density at radius 3 is 2.92 bits per heavy atom. The Balaban J connectivity index is 3.22. The van der Waals surface area contributed by atoms with Crippen molar-refractivity contribution in [1.82, 2.24) is 4.98 Å². The van der Waals surface area contributed by atoms with Gasteiger partial charge in [0.05, 0.1) is 11.6 Å². The third-order valence-electron chi connectivity index (χ3n) is 1.28. The highest BCUT2D eigenvalue weighted by molar-refractivity contribution is 14.1. The van der Waals surface area contributed by atoms with Crippen LogP contribution in [0.2, 0.25) is 5.02 Å². The van der Waals surface area contributed by atoms with Gasteiger partial charge < -0.3 is 0 Å². The smallest absolute Gasteiger partial charge is 0.206 e. The quantitative estimate of drug-likeness (QED) is 0.566. The van der Waals surface area contributed by atoms with Crippen molar-refractivity contribution in [1.29, 1.82) is 0 Å². The summed E-state index contributed by atoms with van der Waals surface area (Å²) in [6.45, 7) is 6.68. The number of nitrogens with zero attached hydrogens (tertiary/aromatic N) is 2. The molecule has 1 rings (SSSR count). The van der Waals surface area contributed by atoms with E-state index in [2.05, 4.69) is 9.83 Å². The lowest BCUT2D eigenvalue weighted by Crippen LogP contribution is -1.84. The van der Waals surface area contributed by atoms with E-state index in [1.165, 1.54) is 16.3 Å². The molecule has 0 radical (unpaired) electrons. The van der Waals surface area contributed by atoms with Crippen molar-refractivity contribution in [2.45, 2.75) is 0 Å². The standard InChI is InChI=1S/C8H3ClFIN2/c1-12-5-2-6(9)8(13-4-5)7(10)3-11/h2-4H/b7-3-. The minimum absolute atomic E-state index is 0.0727. The molecule has 1 aromatic rings. The fraction of sp³-hybridized carbons (Fsp3) is 0. The van der Waals surface area contributed by atoms with Crippen molar-refractivity contribution in [3.05, 3.63) is 38.5 Å². The molecule has 0 saturated carbocycles. The van der Waals surface area contributed by atoms with E-state index in [4.69, 9.17) is 18.2 Å². The molecule has 0 unspecified atom stereocenters. The Bertz CT molecular complexity index is 398. The van der Waals surface area contributed by atoms with E-state index in [1.54, 1.807) is 22.6 Å². The molecule has 0 spiro atoms. The Morgan fingerprint density at radius 2 is 2.46 bits per heavy atom. The maximum Gasteiger partial charge on any atom is 0.206 e. The number of hydrogen-bond acceptors (Lipinski definition) is 1. The molecule has 0 aliphatic carbocycles. The van der Waals surface area contributed by atoms with Gasteiger partial charge in [-0.15, -0.1) is 0 Å². The summed E-state index contributed by atoms with van der Waals surface area (Å²) in [5.74, 6) is -0.498. The van der Waals surface area contributed by atoms with E-state index < -0.39 is 5.83 Å². The number of aromatic nitrogens is 1. The van der Waals surface area contributed by atoms with Crippen LogP contribution in [-0.4, -0.2) is 4.98 Å². The van der Waals surface area contributed by atoms with E-state index in [9.17, 15) is 4.39 Å². The first-order chi connectivity index (χ1) is 6.19. The minimum Gasteiger partial charge on any atom is -0.264 e. The summed E-state index contributed by atoms with van der Waals surface area (Å²) in [5.41, 5.74) is 0.374. The topological polar surface area (TPSA) is 17.2 Å². The van der Waals surface area contributed by atoms with E-state index in [0.717, 1.165) is 0 Å². The Morgan fingerprint density at radius 1 is 1.77 bits per heavy atom. The fourth-order valence-corrected chi connectivity index (χ4v) is 1.26. The highest BCUT2D eigenvalue weighted by Gasteiger charge is 2.07. The van der Waals surface area contributed by atoms with Gasteiger partial charge in [-0.2, -0.15) is 0 Å². The van der Waals surface area contributed by atoms with Gasteiger partial charge in [-0.05, 0) is 28.7 Å². The summed E-state index contributed by atoms with van der Waals surface area (Å²) in [4.78, 5) is 6.84. The van der Waals surface area contributed by atoms with Crippen LogP contribution in [0.3, 0.4) is 0 Å². The molecule has 0 saturated heterocycles. The van der Waals surface area contributed by atoms with Gasteiger partial charge in [-0.1, -0.05) is 11.6 Å². The van der Waals surface area contributed by atoms with Crippen molar-refractivity contribution < 1.29 is 4.39 Å². The van der Waals surface area contributed by atoms with Gasteiger partial charge in [0.25, 0.3) is 0 Å². The average Bonchev–Trinajstić information content (AvgIpc) is 2.16. The predicted octanol–water partition coefficient (Wildman–Crippen LogP) is 3.99. The van der Waals surface area contributed by atoms with Gasteiger partial charge in [-0.3, -0.25) is 4.98 Å². The highest BCUT2D eigenvalue weighted by Crippen LogP contribution is 2.27. The van der Waals surface area contributed by atoms with Crippen molar-refractivity contribution in [2.75, 3.05) is 0 Å². The van der Waals surface area contributed by atoms with Gasteiger partial charge in [0, 0.05) is 10.3 Å². The lowest BCUT2D eigenvalue weighted by atomic mass is 10.3. The Hall–Kier alpha value is -0.670. The van der Waals surface area contributed by atoms with Crippen molar-refractivity contribution in [3.63, 3.8) is 0 Å². The maximum absolute atomic E-state index is 13.0. The van der Waals surface area contributed by atoms with Crippen molar-refractivity contribution >= 4 is 45.7 Å². The largest absolute Gasteiger partial charge is 0.264 e. The van der Waals surface area contributed by atoms with E-state index in [1.807, 2.05) is 0 Å². The summed E-state index contributed by atoms with van der Waals surface area (Å²) in [7, 11) is 0. The highest BCUT2D eigenvalue weighted by atomic mass is 127. The molecule has 0 fully saturated rings. The molecule has 1 heterocycles. The van der Waals surface area contributed by atoms with Gasteiger partial charge in [0.2, 0.25) is 5.69 Å². The molecule has 0 aromatic carbocycles. The van der Waals surface area contributed by atoms with Crippen molar-refractivity contribution in [2.24, 2.45) is 0 Å². The van der Waals surface area contributed by atoms with Crippen LogP contribution in [0.4, 0.5) is 10.1 Å². The molecular weight excluding hydrogens is 305 g/mol. The zero-order valence-electron chi connectivity index (χ0n) is 6.26. The predicted molar refractivity (Wildman–Crippen MR) is 58.6 cm³/mol. The molecule has 13 heavy (non-hydrogen) atoms. The van der Waals surface area contributed by atoms with E-state index in [-0.39, 0.29) is 10.7 Å². The molecule has 0 aliphatic heterocycles. The summed E-state index contributed by atoms with van der Waals surface area (Å²) >= 11 is 7.45. The average molecular weight is 308 g/mol. The molecule has 66 valence electrons. The molecule has 0 N–H and O–H groups in total. The number of halogens is 3. The zero-order valence-corrected chi connectivity index (χ0v) is 9.17. The summed E-state index contributed by atoms with van der Waals surface area (Å²) in [6.07, 6.45) is 1.29.